The number of ether oxygens (including phenoxy) is 1. The van der Waals surface area contributed by atoms with Crippen LogP contribution in [0.5, 0.6) is 5.75 Å². The van der Waals surface area contributed by atoms with Crippen molar-refractivity contribution in [2.45, 2.75) is 19.5 Å². The van der Waals surface area contributed by atoms with Gasteiger partial charge in [-0.1, -0.05) is 18.2 Å². The lowest BCUT2D eigenvalue weighted by Gasteiger charge is -2.31. The van der Waals surface area contributed by atoms with Gasteiger partial charge in [0.15, 0.2) is 0 Å². The molecule has 178 valence electrons. The van der Waals surface area contributed by atoms with Crippen molar-refractivity contribution >= 4 is 33.2 Å². The van der Waals surface area contributed by atoms with Crippen LogP contribution >= 0.6 is 0 Å². The smallest absolute Gasteiger partial charge is 0.271 e. The van der Waals surface area contributed by atoms with Gasteiger partial charge in [0.25, 0.3) is 5.69 Å². The Labute approximate surface area is 192 Å². The van der Waals surface area contributed by atoms with Gasteiger partial charge in [-0.25, -0.2) is 8.42 Å². The second-order valence-corrected chi connectivity index (χ2v) is 9.11. The minimum atomic E-state index is -3.98. The van der Waals surface area contributed by atoms with E-state index in [1.807, 2.05) is 0 Å². The highest BCUT2D eigenvalue weighted by Crippen LogP contribution is 2.24. The summed E-state index contributed by atoms with van der Waals surface area (Å²) in [6, 6.07) is 10.9. The number of hydrogen-bond donors (Lipinski definition) is 1. The maximum Gasteiger partial charge on any atom is 0.271 e. The Kier molecular flexibility index (Phi) is 8.35. The number of carbonyl (C=O) groups is 2. The fraction of sp³-hybridized carbons (Fsp3) is 0.333. The van der Waals surface area contributed by atoms with Crippen LogP contribution in [0.1, 0.15) is 12.5 Å². The molecule has 2 amide bonds. The van der Waals surface area contributed by atoms with Crippen molar-refractivity contribution in [3.05, 3.63) is 64.2 Å². The van der Waals surface area contributed by atoms with Crippen molar-refractivity contribution in [1.29, 1.82) is 0 Å². The summed E-state index contributed by atoms with van der Waals surface area (Å²) < 4.78 is 30.8. The molecule has 1 atom stereocenters. The van der Waals surface area contributed by atoms with Gasteiger partial charge >= 0.3 is 0 Å². The standard InChI is InChI=1S/C21H26N4O7S/c1-15(21(27)22-2)23(13-16-8-10-19(32-3)11-9-16)20(26)14-24(33(4,30)31)17-6-5-7-18(12-17)25(28)29/h5-12,15H,13-14H2,1-4H3,(H,22,27)/t15-/m0/s1. The van der Waals surface area contributed by atoms with Gasteiger partial charge in [0.05, 0.1) is 24.0 Å². The molecular weight excluding hydrogens is 452 g/mol. The SMILES string of the molecule is CNC(=O)[C@H](C)N(Cc1ccc(OC)cc1)C(=O)CN(c1cccc([N+](=O)[O-])c1)S(C)(=O)=O. The molecule has 0 saturated carbocycles. The van der Waals surface area contributed by atoms with E-state index >= 15 is 0 Å². The van der Waals surface area contributed by atoms with Gasteiger partial charge in [-0.15, -0.1) is 0 Å². The number of nitro groups is 1. The number of hydrogen-bond acceptors (Lipinski definition) is 7. The van der Waals surface area contributed by atoms with Crippen LogP contribution in [0, 0.1) is 10.1 Å². The molecule has 0 bridgehead atoms. The number of nitro benzene ring substituents is 1. The number of anilines is 1. The van der Waals surface area contributed by atoms with Gasteiger partial charge in [0, 0.05) is 25.7 Å². The van der Waals surface area contributed by atoms with Crippen LogP contribution in [0.15, 0.2) is 48.5 Å². The summed E-state index contributed by atoms with van der Waals surface area (Å²) in [4.78, 5) is 37.3. The number of amides is 2. The highest BCUT2D eigenvalue weighted by molar-refractivity contribution is 7.92. The fourth-order valence-electron chi connectivity index (χ4n) is 3.09. The van der Waals surface area contributed by atoms with Crippen LogP contribution in [0.4, 0.5) is 11.4 Å². The summed E-state index contributed by atoms with van der Waals surface area (Å²) in [7, 11) is -1.02. The fourth-order valence-corrected chi connectivity index (χ4v) is 3.94. The molecule has 0 saturated heterocycles. The Morgan fingerprint density at radius 1 is 1.18 bits per heavy atom. The van der Waals surface area contributed by atoms with Gasteiger partial charge in [0.1, 0.15) is 18.3 Å². The maximum atomic E-state index is 13.3. The van der Waals surface area contributed by atoms with E-state index in [2.05, 4.69) is 5.32 Å². The van der Waals surface area contributed by atoms with Gasteiger partial charge in [-0.2, -0.15) is 0 Å². The highest BCUT2D eigenvalue weighted by Gasteiger charge is 2.30. The Bertz CT molecular complexity index is 1120. The lowest BCUT2D eigenvalue weighted by atomic mass is 10.1. The van der Waals surface area contributed by atoms with Crippen molar-refractivity contribution in [3.8, 4) is 5.75 Å². The first-order valence-electron chi connectivity index (χ1n) is 9.84. The second-order valence-electron chi connectivity index (χ2n) is 7.21. The first kappa shape index (κ1) is 25.6. The Morgan fingerprint density at radius 3 is 2.33 bits per heavy atom. The topological polar surface area (TPSA) is 139 Å². The molecule has 33 heavy (non-hydrogen) atoms. The summed E-state index contributed by atoms with van der Waals surface area (Å²) in [5, 5.41) is 13.6. The zero-order valence-corrected chi connectivity index (χ0v) is 19.5. The molecule has 0 aliphatic rings. The molecule has 2 aromatic rings. The van der Waals surface area contributed by atoms with E-state index in [9.17, 15) is 28.1 Å². The quantitative estimate of drug-likeness (QED) is 0.403. The van der Waals surface area contributed by atoms with Gasteiger partial charge < -0.3 is 15.0 Å². The van der Waals surface area contributed by atoms with E-state index in [1.54, 1.807) is 24.3 Å². The molecule has 11 nitrogen and oxygen atoms in total. The molecule has 0 fully saturated rings. The highest BCUT2D eigenvalue weighted by atomic mass is 32.2. The lowest BCUT2D eigenvalue weighted by Crippen LogP contribution is -2.50. The summed E-state index contributed by atoms with van der Waals surface area (Å²) in [5.74, 6) is -0.470. The summed E-state index contributed by atoms with van der Waals surface area (Å²) in [5.41, 5.74) is 0.348. The molecule has 0 unspecified atom stereocenters. The minimum Gasteiger partial charge on any atom is -0.497 e. The molecule has 0 aliphatic carbocycles. The average molecular weight is 479 g/mol. The van der Waals surface area contributed by atoms with Crippen LogP contribution < -0.4 is 14.4 Å². The number of sulfonamides is 1. The normalized spacial score (nSPS) is 11.9. The molecule has 1 N–H and O–H groups in total. The predicted octanol–water partition coefficient (Wildman–Crippen LogP) is 1.53. The van der Waals surface area contributed by atoms with E-state index in [0.29, 0.717) is 11.3 Å². The first-order chi connectivity index (χ1) is 15.5. The maximum absolute atomic E-state index is 13.3. The summed E-state index contributed by atoms with van der Waals surface area (Å²) in [6.07, 6.45) is 0.898. The predicted molar refractivity (Wildman–Crippen MR) is 122 cm³/mol. The van der Waals surface area contributed by atoms with Crippen molar-refractivity contribution in [2.75, 3.05) is 31.3 Å². The van der Waals surface area contributed by atoms with Crippen molar-refractivity contribution in [3.63, 3.8) is 0 Å². The second kappa shape index (κ2) is 10.8. The van der Waals surface area contributed by atoms with Crippen LogP contribution in [-0.2, 0) is 26.2 Å². The number of nitrogens with zero attached hydrogens (tertiary/aromatic N) is 3. The first-order valence-corrected chi connectivity index (χ1v) is 11.7. The van der Waals surface area contributed by atoms with Crippen LogP contribution in [0.2, 0.25) is 0 Å². The molecule has 12 heteroatoms. The molecular formula is C21H26N4O7S. The third-order valence-electron chi connectivity index (χ3n) is 4.93. The molecule has 0 aromatic heterocycles. The van der Waals surface area contributed by atoms with E-state index in [1.165, 1.54) is 44.2 Å². The summed E-state index contributed by atoms with van der Waals surface area (Å²) in [6.45, 7) is 0.917. The molecule has 2 rings (SSSR count). The Balaban J connectivity index is 2.40. The zero-order valence-electron chi connectivity index (χ0n) is 18.7. The van der Waals surface area contributed by atoms with E-state index in [4.69, 9.17) is 4.74 Å². The third-order valence-corrected chi connectivity index (χ3v) is 6.07. The summed E-state index contributed by atoms with van der Waals surface area (Å²) >= 11 is 0. The Hall–Kier alpha value is -3.67. The number of non-ortho nitro benzene ring substituents is 1. The number of rotatable bonds is 10. The van der Waals surface area contributed by atoms with E-state index in [0.717, 1.165) is 16.6 Å². The van der Waals surface area contributed by atoms with Crippen molar-refractivity contribution < 1.29 is 27.7 Å². The largest absolute Gasteiger partial charge is 0.497 e. The van der Waals surface area contributed by atoms with Gasteiger partial charge in [-0.05, 0) is 30.7 Å². The molecule has 0 spiro atoms. The van der Waals surface area contributed by atoms with E-state index < -0.39 is 39.3 Å². The number of likely N-dealkylation sites (N-methyl/N-ethyl adjacent to an activating group) is 1. The minimum absolute atomic E-state index is 0.0305. The molecule has 2 aromatic carbocycles. The van der Waals surface area contributed by atoms with E-state index in [-0.39, 0.29) is 17.9 Å². The van der Waals surface area contributed by atoms with Crippen LogP contribution in [0.25, 0.3) is 0 Å². The lowest BCUT2D eigenvalue weighted by molar-refractivity contribution is -0.384. The molecule has 0 aliphatic heterocycles. The zero-order chi connectivity index (χ0) is 24.8. The van der Waals surface area contributed by atoms with Gasteiger partial charge in [0.2, 0.25) is 21.8 Å². The van der Waals surface area contributed by atoms with Crippen LogP contribution in [0.3, 0.4) is 0 Å². The monoisotopic (exact) mass is 478 g/mol. The van der Waals surface area contributed by atoms with Gasteiger partial charge in [-0.3, -0.25) is 24.0 Å². The number of methoxy groups -OCH3 is 1. The number of nitrogens with one attached hydrogen (secondary N) is 1. The van der Waals surface area contributed by atoms with Crippen molar-refractivity contribution in [1.82, 2.24) is 10.2 Å². The number of benzene rings is 2. The third kappa shape index (κ3) is 6.65. The Morgan fingerprint density at radius 2 is 1.82 bits per heavy atom. The molecule has 0 radical (unpaired) electrons. The number of carbonyl (C=O) groups excluding carboxylic acids is 2. The van der Waals surface area contributed by atoms with Crippen molar-refractivity contribution in [2.24, 2.45) is 0 Å². The van der Waals surface area contributed by atoms with Crippen LogP contribution in [-0.4, -0.2) is 63.1 Å². The molecule has 0 heterocycles. The average Bonchev–Trinajstić information content (AvgIpc) is 2.79.